The summed E-state index contributed by atoms with van der Waals surface area (Å²) < 4.78 is 0. The normalized spacial score (nSPS) is 19.8. The van der Waals surface area contributed by atoms with E-state index < -0.39 is 11.8 Å². The number of ketones is 1. The number of carbonyl (C=O) groups is 2. The number of aliphatic carboxylic acids is 1. The van der Waals surface area contributed by atoms with Crippen LogP contribution >= 0.6 is 0 Å². The maximum absolute atomic E-state index is 11.0. The molecular formula is C9H13O3-. The maximum Gasteiger partial charge on any atom is 0.181 e. The van der Waals surface area contributed by atoms with E-state index in [0.717, 1.165) is 19.3 Å². The molecule has 0 saturated heterocycles. The van der Waals surface area contributed by atoms with Crippen molar-refractivity contribution in [2.45, 2.75) is 32.6 Å². The van der Waals surface area contributed by atoms with Crippen LogP contribution in [-0.4, -0.2) is 11.8 Å². The third-order valence-corrected chi connectivity index (χ3v) is 2.70. The van der Waals surface area contributed by atoms with Gasteiger partial charge in [0, 0.05) is 5.92 Å². The Morgan fingerprint density at radius 2 is 2.08 bits per heavy atom. The van der Waals surface area contributed by atoms with Crippen molar-refractivity contribution < 1.29 is 14.7 Å². The van der Waals surface area contributed by atoms with E-state index in [1.165, 1.54) is 0 Å². The molecule has 0 aliphatic heterocycles. The molecule has 12 heavy (non-hydrogen) atoms. The molecule has 1 aliphatic rings. The first-order valence-corrected chi connectivity index (χ1v) is 4.42. The molecule has 0 aromatic carbocycles. The van der Waals surface area contributed by atoms with Gasteiger partial charge in [0.15, 0.2) is 5.78 Å². The Hall–Kier alpha value is -0.860. The Bertz CT molecular complexity index is 194. The summed E-state index contributed by atoms with van der Waals surface area (Å²) in [5.41, 5.74) is 0. The second kappa shape index (κ2) is 3.70. The van der Waals surface area contributed by atoms with Crippen molar-refractivity contribution >= 4 is 11.8 Å². The van der Waals surface area contributed by atoms with E-state index in [-0.39, 0.29) is 5.92 Å². The molecule has 1 atom stereocenters. The zero-order valence-corrected chi connectivity index (χ0v) is 7.21. The summed E-state index contributed by atoms with van der Waals surface area (Å²) in [4.78, 5) is 21.3. The van der Waals surface area contributed by atoms with Crippen molar-refractivity contribution in [3.63, 3.8) is 0 Å². The molecule has 0 N–H and O–H groups in total. The highest BCUT2D eigenvalue weighted by molar-refractivity contribution is 6.32. The smallest absolute Gasteiger partial charge is 0.181 e. The van der Waals surface area contributed by atoms with Gasteiger partial charge in [-0.25, -0.2) is 0 Å². The van der Waals surface area contributed by atoms with E-state index in [4.69, 9.17) is 0 Å². The second-order valence-corrected chi connectivity index (χ2v) is 3.36. The van der Waals surface area contributed by atoms with Gasteiger partial charge in [0.2, 0.25) is 0 Å². The average Bonchev–Trinajstić information content (AvgIpc) is 1.94. The van der Waals surface area contributed by atoms with Crippen LogP contribution in [0.25, 0.3) is 0 Å². The Morgan fingerprint density at radius 3 is 2.33 bits per heavy atom. The SMILES string of the molecule is CCC(C(=O)C(=O)[O-])C1CCC1. The fourth-order valence-electron chi connectivity index (χ4n) is 1.73. The zero-order chi connectivity index (χ0) is 9.14. The van der Waals surface area contributed by atoms with Crippen molar-refractivity contribution in [1.82, 2.24) is 0 Å². The lowest BCUT2D eigenvalue weighted by Crippen LogP contribution is -2.40. The lowest BCUT2D eigenvalue weighted by molar-refractivity contribution is -0.300. The molecule has 1 aliphatic carbocycles. The predicted molar refractivity (Wildman–Crippen MR) is 41.1 cm³/mol. The van der Waals surface area contributed by atoms with Crippen LogP contribution in [0.1, 0.15) is 32.6 Å². The van der Waals surface area contributed by atoms with Crippen LogP contribution in [-0.2, 0) is 9.59 Å². The van der Waals surface area contributed by atoms with Gasteiger partial charge in [-0.3, -0.25) is 4.79 Å². The van der Waals surface area contributed by atoms with Crippen LogP contribution in [0.3, 0.4) is 0 Å². The monoisotopic (exact) mass is 169 g/mol. The number of Topliss-reactive ketones (excluding diaryl/α,β-unsaturated/α-hetero) is 1. The molecule has 0 bridgehead atoms. The molecule has 0 radical (unpaired) electrons. The first kappa shape index (κ1) is 9.23. The summed E-state index contributed by atoms with van der Waals surface area (Å²) in [5, 5.41) is 10.3. The van der Waals surface area contributed by atoms with Gasteiger partial charge in [-0.05, 0) is 25.2 Å². The quantitative estimate of drug-likeness (QED) is 0.562. The molecule has 3 heteroatoms. The predicted octanol–water partition coefficient (Wildman–Crippen LogP) is 0.132. The van der Waals surface area contributed by atoms with Crippen LogP contribution < -0.4 is 5.11 Å². The zero-order valence-electron chi connectivity index (χ0n) is 7.21. The number of hydrogen-bond acceptors (Lipinski definition) is 3. The minimum absolute atomic E-state index is 0.288. The number of carboxylic acids is 1. The molecule has 0 spiro atoms. The molecule has 3 nitrogen and oxygen atoms in total. The summed E-state index contributed by atoms with van der Waals surface area (Å²) in [6.07, 6.45) is 3.74. The summed E-state index contributed by atoms with van der Waals surface area (Å²) in [7, 11) is 0. The van der Waals surface area contributed by atoms with E-state index in [0.29, 0.717) is 12.3 Å². The third-order valence-electron chi connectivity index (χ3n) is 2.70. The molecule has 0 aromatic heterocycles. The molecule has 0 heterocycles. The highest BCUT2D eigenvalue weighted by atomic mass is 16.4. The van der Waals surface area contributed by atoms with Crippen molar-refractivity contribution in [2.75, 3.05) is 0 Å². The second-order valence-electron chi connectivity index (χ2n) is 3.36. The maximum atomic E-state index is 11.0. The molecule has 0 amide bonds. The first-order valence-electron chi connectivity index (χ1n) is 4.42. The van der Waals surface area contributed by atoms with Crippen molar-refractivity contribution in [2.24, 2.45) is 11.8 Å². The Balaban J connectivity index is 2.54. The number of rotatable bonds is 4. The summed E-state index contributed by atoms with van der Waals surface area (Å²) in [6.45, 7) is 1.85. The molecule has 1 rings (SSSR count). The topological polar surface area (TPSA) is 57.2 Å². The first-order chi connectivity index (χ1) is 5.66. The third kappa shape index (κ3) is 1.65. The molecule has 1 saturated carbocycles. The minimum atomic E-state index is -1.52. The van der Waals surface area contributed by atoms with E-state index in [2.05, 4.69) is 0 Å². The molecule has 68 valence electrons. The Morgan fingerprint density at radius 1 is 1.50 bits per heavy atom. The largest absolute Gasteiger partial charge is 0.542 e. The lowest BCUT2D eigenvalue weighted by atomic mass is 9.73. The van der Waals surface area contributed by atoms with Crippen LogP contribution in [0.4, 0.5) is 0 Å². The van der Waals surface area contributed by atoms with Crippen LogP contribution in [0.5, 0.6) is 0 Å². The van der Waals surface area contributed by atoms with Crippen LogP contribution in [0, 0.1) is 11.8 Å². The van der Waals surface area contributed by atoms with Gasteiger partial charge in [0.05, 0.1) is 0 Å². The molecule has 1 fully saturated rings. The Kier molecular flexibility index (Phi) is 2.84. The Labute approximate surface area is 71.8 Å². The van der Waals surface area contributed by atoms with Gasteiger partial charge in [0.1, 0.15) is 5.97 Å². The number of hydrogen-bond donors (Lipinski definition) is 0. The standard InChI is InChI=1S/C9H14O3/c1-2-7(6-4-3-5-6)8(10)9(11)12/h6-7H,2-5H2,1H3,(H,11,12)/p-1. The lowest BCUT2D eigenvalue weighted by Gasteiger charge is -2.32. The average molecular weight is 169 g/mol. The van der Waals surface area contributed by atoms with Crippen molar-refractivity contribution in [1.29, 1.82) is 0 Å². The minimum Gasteiger partial charge on any atom is -0.542 e. The van der Waals surface area contributed by atoms with Gasteiger partial charge in [-0.15, -0.1) is 0 Å². The fourth-order valence-corrected chi connectivity index (χ4v) is 1.73. The summed E-state index contributed by atoms with van der Waals surface area (Å²) in [6, 6.07) is 0. The van der Waals surface area contributed by atoms with E-state index in [9.17, 15) is 14.7 Å². The molecule has 1 unspecified atom stereocenters. The number of carboxylic acid groups (broad SMARTS) is 1. The highest BCUT2D eigenvalue weighted by Gasteiger charge is 2.31. The van der Waals surface area contributed by atoms with Gasteiger partial charge >= 0.3 is 0 Å². The van der Waals surface area contributed by atoms with Crippen molar-refractivity contribution in [3.8, 4) is 0 Å². The number of carbonyl (C=O) groups excluding carboxylic acids is 2. The van der Waals surface area contributed by atoms with Gasteiger partial charge in [-0.2, -0.15) is 0 Å². The molecular weight excluding hydrogens is 156 g/mol. The van der Waals surface area contributed by atoms with Gasteiger partial charge in [-0.1, -0.05) is 13.3 Å². The van der Waals surface area contributed by atoms with E-state index >= 15 is 0 Å². The van der Waals surface area contributed by atoms with Crippen LogP contribution in [0.15, 0.2) is 0 Å². The fraction of sp³-hybridized carbons (Fsp3) is 0.778. The van der Waals surface area contributed by atoms with Gasteiger partial charge in [0.25, 0.3) is 0 Å². The summed E-state index contributed by atoms with van der Waals surface area (Å²) >= 11 is 0. The van der Waals surface area contributed by atoms with E-state index in [1.807, 2.05) is 6.92 Å². The van der Waals surface area contributed by atoms with Gasteiger partial charge < -0.3 is 9.90 Å². The summed E-state index contributed by atoms with van der Waals surface area (Å²) in [5.74, 6) is -2.21. The van der Waals surface area contributed by atoms with Crippen molar-refractivity contribution in [3.05, 3.63) is 0 Å². The molecule has 0 aromatic rings. The van der Waals surface area contributed by atoms with E-state index in [1.54, 1.807) is 0 Å². The highest BCUT2D eigenvalue weighted by Crippen LogP contribution is 2.35. The van der Waals surface area contributed by atoms with Crippen LogP contribution in [0.2, 0.25) is 0 Å².